The highest BCUT2D eigenvalue weighted by atomic mass is 15.2. The quantitative estimate of drug-likeness (QED) is 0.739. The molecule has 2 nitrogen and oxygen atoms in total. The Labute approximate surface area is 102 Å². The van der Waals surface area contributed by atoms with Crippen molar-refractivity contribution in [3.8, 4) is 0 Å². The molecule has 0 aromatic carbocycles. The zero-order valence-corrected chi connectivity index (χ0v) is 11.8. The maximum Gasteiger partial charge on any atom is 0.0125 e. The van der Waals surface area contributed by atoms with Crippen LogP contribution >= 0.6 is 0 Å². The lowest BCUT2D eigenvalue weighted by Gasteiger charge is -2.44. The topological polar surface area (TPSA) is 15.3 Å². The summed E-state index contributed by atoms with van der Waals surface area (Å²) in [4.78, 5) is 2.63. The molecule has 2 aliphatic heterocycles. The zero-order valence-electron chi connectivity index (χ0n) is 11.8. The Morgan fingerprint density at radius 1 is 0.938 bits per heavy atom. The van der Waals surface area contributed by atoms with E-state index in [1.807, 2.05) is 13.8 Å². The van der Waals surface area contributed by atoms with Gasteiger partial charge in [0, 0.05) is 5.54 Å². The van der Waals surface area contributed by atoms with Gasteiger partial charge in [-0.2, -0.15) is 0 Å². The standard InChI is InChI=1S/C12H24N2.C2H6/c1-12(2,3)14-6-4-10(5-7-14)11-8-13-9-11;1-2/h10-11,13H,4-9H2,1-3H3;1-2H3. The number of rotatable bonds is 1. The third-order valence-corrected chi connectivity index (χ3v) is 3.97. The number of nitrogens with one attached hydrogen (secondary N) is 1. The molecule has 1 N–H and O–H groups in total. The molecule has 2 heteroatoms. The average molecular weight is 226 g/mol. The first-order valence-electron chi connectivity index (χ1n) is 7.03. The fourth-order valence-electron chi connectivity index (χ4n) is 2.69. The summed E-state index contributed by atoms with van der Waals surface area (Å²) in [5, 5.41) is 3.39. The molecule has 0 radical (unpaired) electrons. The van der Waals surface area contributed by atoms with E-state index in [0.29, 0.717) is 5.54 Å². The summed E-state index contributed by atoms with van der Waals surface area (Å²) in [6.07, 6.45) is 2.84. The zero-order chi connectivity index (χ0) is 12.2. The lowest BCUT2D eigenvalue weighted by molar-refractivity contribution is 0.0596. The van der Waals surface area contributed by atoms with Crippen LogP contribution in [0, 0.1) is 11.8 Å². The summed E-state index contributed by atoms with van der Waals surface area (Å²) in [7, 11) is 0. The number of likely N-dealkylation sites (tertiary alicyclic amines) is 1. The molecule has 2 fully saturated rings. The van der Waals surface area contributed by atoms with Crippen molar-refractivity contribution < 1.29 is 0 Å². The van der Waals surface area contributed by atoms with E-state index in [1.165, 1.54) is 39.0 Å². The molecule has 96 valence electrons. The Morgan fingerprint density at radius 2 is 1.44 bits per heavy atom. The van der Waals surface area contributed by atoms with Crippen molar-refractivity contribution in [3.63, 3.8) is 0 Å². The van der Waals surface area contributed by atoms with Crippen LogP contribution in [0.25, 0.3) is 0 Å². The Kier molecular flexibility index (Phi) is 5.26. The van der Waals surface area contributed by atoms with Crippen LogP contribution in [0.5, 0.6) is 0 Å². The highest BCUT2D eigenvalue weighted by molar-refractivity contribution is 4.88. The largest absolute Gasteiger partial charge is 0.316 e. The smallest absolute Gasteiger partial charge is 0.0125 e. The predicted octanol–water partition coefficient (Wildman–Crippen LogP) is 2.74. The van der Waals surface area contributed by atoms with E-state index in [4.69, 9.17) is 0 Å². The first-order chi connectivity index (χ1) is 7.57. The molecule has 2 rings (SSSR count). The van der Waals surface area contributed by atoms with Gasteiger partial charge in [-0.25, -0.2) is 0 Å². The normalized spacial score (nSPS) is 24.6. The van der Waals surface area contributed by atoms with E-state index < -0.39 is 0 Å². The SMILES string of the molecule is CC.CC(C)(C)N1CCC(C2CNC2)CC1. The second kappa shape index (κ2) is 6.02. The van der Waals surface area contributed by atoms with Gasteiger partial charge in [-0.15, -0.1) is 0 Å². The molecular formula is C14H30N2. The molecule has 0 unspecified atom stereocenters. The van der Waals surface area contributed by atoms with Crippen LogP contribution in [0.15, 0.2) is 0 Å². The van der Waals surface area contributed by atoms with E-state index in [1.54, 1.807) is 0 Å². The summed E-state index contributed by atoms with van der Waals surface area (Å²) in [5.41, 5.74) is 0.378. The van der Waals surface area contributed by atoms with Gasteiger partial charge >= 0.3 is 0 Å². The lowest BCUT2D eigenvalue weighted by Crippen LogP contribution is -2.52. The van der Waals surface area contributed by atoms with Crippen LogP contribution in [0.4, 0.5) is 0 Å². The van der Waals surface area contributed by atoms with Gasteiger partial charge in [-0.1, -0.05) is 13.8 Å². The van der Waals surface area contributed by atoms with Crippen LogP contribution < -0.4 is 5.32 Å². The van der Waals surface area contributed by atoms with Gasteiger partial charge in [0.2, 0.25) is 0 Å². The molecule has 0 aromatic heterocycles. The molecule has 0 aliphatic carbocycles. The first kappa shape index (κ1) is 14.0. The summed E-state index contributed by atoms with van der Waals surface area (Å²) in [5.74, 6) is 2.01. The van der Waals surface area contributed by atoms with Crippen molar-refractivity contribution in [2.45, 2.75) is 53.0 Å². The van der Waals surface area contributed by atoms with Crippen LogP contribution in [-0.4, -0.2) is 36.6 Å². The molecule has 2 heterocycles. The number of piperidine rings is 1. The van der Waals surface area contributed by atoms with Crippen molar-refractivity contribution in [3.05, 3.63) is 0 Å². The minimum atomic E-state index is 0.378. The van der Waals surface area contributed by atoms with Crippen molar-refractivity contribution in [1.82, 2.24) is 10.2 Å². The molecule has 2 aliphatic rings. The van der Waals surface area contributed by atoms with E-state index in [0.717, 1.165) is 11.8 Å². The molecule has 0 bridgehead atoms. The third-order valence-electron chi connectivity index (χ3n) is 3.97. The molecule has 0 saturated carbocycles. The molecule has 0 aromatic rings. The van der Waals surface area contributed by atoms with Gasteiger partial charge in [0.1, 0.15) is 0 Å². The van der Waals surface area contributed by atoms with Gasteiger partial charge in [-0.3, -0.25) is 4.90 Å². The maximum atomic E-state index is 3.39. The Balaban J connectivity index is 0.000000606. The van der Waals surface area contributed by atoms with Crippen molar-refractivity contribution >= 4 is 0 Å². The average Bonchev–Trinajstić information content (AvgIpc) is 2.18. The van der Waals surface area contributed by atoms with Gasteiger partial charge in [0.25, 0.3) is 0 Å². The molecule has 0 atom stereocenters. The van der Waals surface area contributed by atoms with Crippen LogP contribution in [-0.2, 0) is 0 Å². The maximum absolute atomic E-state index is 3.39. The number of hydrogen-bond donors (Lipinski definition) is 1. The molecule has 2 saturated heterocycles. The minimum Gasteiger partial charge on any atom is -0.316 e. The van der Waals surface area contributed by atoms with E-state index in [-0.39, 0.29) is 0 Å². The van der Waals surface area contributed by atoms with Gasteiger partial charge < -0.3 is 5.32 Å². The highest BCUT2D eigenvalue weighted by Gasteiger charge is 2.32. The fourth-order valence-corrected chi connectivity index (χ4v) is 2.69. The molecule has 0 spiro atoms. The summed E-state index contributed by atoms with van der Waals surface area (Å²) >= 11 is 0. The van der Waals surface area contributed by atoms with Crippen LogP contribution in [0.2, 0.25) is 0 Å². The Morgan fingerprint density at radius 3 is 1.75 bits per heavy atom. The monoisotopic (exact) mass is 226 g/mol. The van der Waals surface area contributed by atoms with Gasteiger partial charge in [0.05, 0.1) is 0 Å². The third kappa shape index (κ3) is 3.46. The van der Waals surface area contributed by atoms with E-state index in [9.17, 15) is 0 Å². The van der Waals surface area contributed by atoms with Crippen molar-refractivity contribution in [2.24, 2.45) is 11.8 Å². The first-order valence-corrected chi connectivity index (χ1v) is 7.03. The predicted molar refractivity (Wildman–Crippen MR) is 71.8 cm³/mol. The van der Waals surface area contributed by atoms with Crippen LogP contribution in [0.1, 0.15) is 47.5 Å². The summed E-state index contributed by atoms with van der Waals surface area (Å²) in [6.45, 7) is 16.2. The van der Waals surface area contributed by atoms with Crippen molar-refractivity contribution in [2.75, 3.05) is 26.2 Å². The Bertz CT molecular complexity index is 183. The molecular weight excluding hydrogens is 196 g/mol. The number of nitrogens with zero attached hydrogens (tertiary/aromatic N) is 1. The van der Waals surface area contributed by atoms with E-state index >= 15 is 0 Å². The van der Waals surface area contributed by atoms with Gasteiger partial charge in [0.15, 0.2) is 0 Å². The lowest BCUT2D eigenvalue weighted by atomic mass is 9.80. The fraction of sp³-hybridized carbons (Fsp3) is 1.00. The van der Waals surface area contributed by atoms with Crippen molar-refractivity contribution in [1.29, 1.82) is 0 Å². The minimum absolute atomic E-state index is 0.378. The second-order valence-corrected chi connectivity index (χ2v) is 5.91. The molecule has 0 amide bonds. The second-order valence-electron chi connectivity index (χ2n) is 5.91. The van der Waals surface area contributed by atoms with E-state index in [2.05, 4.69) is 31.0 Å². The summed E-state index contributed by atoms with van der Waals surface area (Å²) in [6, 6.07) is 0. The highest BCUT2D eigenvalue weighted by Crippen LogP contribution is 2.30. The van der Waals surface area contributed by atoms with Gasteiger partial charge in [-0.05, 0) is 71.6 Å². The van der Waals surface area contributed by atoms with Crippen LogP contribution in [0.3, 0.4) is 0 Å². The summed E-state index contributed by atoms with van der Waals surface area (Å²) < 4.78 is 0. The Hall–Kier alpha value is -0.0800. The number of hydrogen-bond acceptors (Lipinski definition) is 2. The molecule has 16 heavy (non-hydrogen) atoms.